The maximum atomic E-state index is 6.17. The fourth-order valence-corrected chi connectivity index (χ4v) is 3.81. The minimum Gasteiger partial charge on any atom is -0.327 e. The zero-order valence-electron chi connectivity index (χ0n) is 11.7. The average Bonchev–Trinajstić information content (AvgIpc) is 2.75. The van der Waals surface area contributed by atoms with Crippen LogP contribution in [0.1, 0.15) is 58.3 Å². The van der Waals surface area contributed by atoms with Gasteiger partial charge < -0.3 is 10.6 Å². The number of hydrogen-bond acceptors (Lipinski definition) is 2. The van der Waals surface area contributed by atoms with Gasteiger partial charge in [0.1, 0.15) is 0 Å². The van der Waals surface area contributed by atoms with E-state index in [1.807, 2.05) is 0 Å². The van der Waals surface area contributed by atoms with Gasteiger partial charge in [0.2, 0.25) is 0 Å². The second kappa shape index (κ2) is 6.19. The molecule has 0 aliphatic heterocycles. The van der Waals surface area contributed by atoms with Crippen LogP contribution in [0, 0.1) is 11.8 Å². The molecule has 2 aliphatic rings. The predicted molar refractivity (Wildman–Crippen MR) is 74.0 cm³/mol. The molecule has 0 radical (unpaired) electrons. The molecule has 100 valence electrons. The highest BCUT2D eigenvalue weighted by atomic mass is 15.1. The van der Waals surface area contributed by atoms with Gasteiger partial charge in [-0.3, -0.25) is 0 Å². The van der Waals surface area contributed by atoms with E-state index in [9.17, 15) is 0 Å². The van der Waals surface area contributed by atoms with Crippen LogP contribution in [0.25, 0.3) is 0 Å². The molecular weight excluding hydrogens is 208 g/mol. The summed E-state index contributed by atoms with van der Waals surface area (Å²) in [7, 11) is 2.32. The van der Waals surface area contributed by atoms with Gasteiger partial charge in [-0.15, -0.1) is 0 Å². The van der Waals surface area contributed by atoms with Crippen molar-refractivity contribution < 1.29 is 0 Å². The third-order valence-electron chi connectivity index (χ3n) is 5.26. The maximum Gasteiger partial charge on any atom is 0.00925 e. The van der Waals surface area contributed by atoms with E-state index < -0.39 is 0 Å². The molecule has 2 N–H and O–H groups in total. The lowest BCUT2D eigenvalue weighted by molar-refractivity contribution is 0.141. The maximum absolute atomic E-state index is 6.17. The molecule has 2 atom stereocenters. The second-order valence-corrected chi connectivity index (χ2v) is 6.38. The van der Waals surface area contributed by atoms with Crippen molar-refractivity contribution in [3.05, 3.63) is 0 Å². The number of rotatable bonds is 4. The molecule has 2 unspecified atom stereocenters. The smallest absolute Gasteiger partial charge is 0.00925 e. The fourth-order valence-electron chi connectivity index (χ4n) is 3.81. The Balaban J connectivity index is 1.74. The van der Waals surface area contributed by atoms with Gasteiger partial charge in [0.05, 0.1) is 0 Å². The highest BCUT2D eigenvalue weighted by Crippen LogP contribution is 2.31. The van der Waals surface area contributed by atoms with E-state index in [4.69, 9.17) is 5.73 Å². The minimum atomic E-state index is 0.476. The Hall–Kier alpha value is -0.0800. The van der Waals surface area contributed by atoms with Crippen LogP contribution in [0.15, 0.2) is 0 Å². The first kappa shape index (κ1) is 13.4. The summed E-state index contributed by atoms with van der Waals surface area (Å²) in [6, 6.07) is 1.31. The zero-order valence-corrected chi connectivity index (χ0v) is 11.7. The molecule has 0 bridgehead atoms. The van der Waals surface area contributed by atoms with Crippen LogP contribution in [0.3, 0.4) is 0 Å². The summed E-state index contributed by atoms with van der Waals surface area (Å²) in [5.74, 6) is 1.78. The van der Waals surface area contributed by atoms with Gasteiger partial charge in [0, 0.05) is 18.6 Å². The first-order valence-corrected chi connectivity index (χ1v) is 7.66. The zero-order chi connectivity index (χ0) is 12.3. The SMILES string of the molecule is CCC1CCC(N(C)CC2CCCC2N)CC1. The van der Waals surface area contributed by atoms with Crippen molar-refractivity contribution in [1.82, 2.24) is 4.90 Å². The summed E-state index contributed by atoms with van der Waals surface area (Å²) in [4.78, 5) is 2.61. The Labute approximate surface area is 107 Å². The lowest BCUT2D eigenvalue weighted by Crippen LogP contribution is -2.41. The van der Waals surface area contributed by atoms with Gasteiger partial charge in [0.15, 0.2) is 0 Å². The van der Waals surface area contributed by atoms with E-state index >= 15 is 0 Å². The number of nitrogens with zero attached hydrogens (tertiary/aromatic N) is 1. The summed E-state index contributed by atoms with van der Waals surface area (Å²) in [6.07, 6.45) is 11.1. The van der Waals surface area contributed by atoms with Crippen molar-refractivity contribution in [2.45, 2.75) is 70.4 Å². The van der Waals surface area contributed by atoms with E-state index in [2.05, 4.69) is 18.9 Å². The molecule has 2 nitrogen and oxygen atoms in total. The minimum absolute atomic E-state index is 0.476. The van der Waals surface area contributed by atoms with Crippen molar-refractivity contribution in [3.63, 3.8) is 0 Å². The van der Waals surface area contributed by atoms with Crippen molar-refractivity contribution in [1.29, 1.82) is 0 Å². The van der Waals surface area contributed by atoms with E-state index in [0.717, 1.165) is 17.9 Å². The Kier molecular flexibility index (Phi) is 4.87. The molecule has 2 saturated carbocycles. The molecule has 2 rings (SSSR count). The molecular formula is C15H30N2. The third kappa shape index (κ3) is 3.45. The summed E-state index contributed by atoms with van der Waals surface area (Å²) in [5.41, 5.74) is 6.17. The quantitative estimate of drug-likeness (QED) is 0.816. The molecule has 0 amide bonds. The Morgan fingerprint density at radius 2 is 1.76 bits per heavy atom. The molecule has 0 saturated heterocycles. The van der Waals surface area contributed by atoms with Crippen molar-refractivity contribution in [3.8, 4) is 0 Å². The van der Waals surface area contributed by atoms with Crippen LogP contribution in [0.4, 0.5) is 0 Å². The lowest BCUT2D eigenvalue weighted by Gasteiger charge is -2.36. The van der Waals surface area contributed by atoms with E-state index in [1.165, 1.54) is 57.9 Å². The van der Waals surface area contributed by atoms with Crippen LogP contribution >= 0.6 is 0 Å². The predicted octanol–water partition coefficient (Wildman–Crippen LogP) is 3.01. The van der Waals surface area contributed by atoms with E-state index in [-0.39, 0.29) is 0 Å². The van der Waals surface area contributed by atoms with Crippen molar-refractivity contribution >= 4 is 0 Å². The van der Waals surface area contributed by atoms with Gasteiger partial charge in [-0.05, 0) is 57.4 Å². The molecule has 17 heavy (non-hydrogen) atoms. The summed E-state index contributed by atoms with van der Waals surface area (Å²) < 4.78 is 0. The molecule has 0 heterocycles. The van der Waals surface area contributed by atoms with Crippen LogP contribution in [0.2, 0.25) is 0 Å². The molecule has 2 aliphatic carbocycles. The summed E-state index contributed by atoms with van der Waals surface area (Å²) in [6.45, 7) is 3.58. The van der Waals surface area contributed by atoms with Crippen molar-refractivity contribution in [2.75, 3.05) is 13.6 Å². The molecule has 0 aromatic carbocycles. The van der Waals surface area contributed by atoms with E-state index in [1.54, 1.807) is 0 Å². The molecule has 2 heteroatoms. The van der Waals surface area contributed by atoms with E-state index in [0.29, 0.717) is 6.04 Å². The van der Waals surface area contributed by atoms with Crippen LogP contribution in [-0.2, 0) is 0 Å². The van der Waals surface area contributed by atoms with Gasteiger partial charge in [-0.25, -0.2) is 0 Å². The Morgan fingerprint density at radius 3 is 2.29 bits per heavy atom. The Morgan fingerprint density at radius 1 is 1.06 bits per heavy atom. The normalized spacial score (nSPS) is 38.8. The number of hydrogen-bond donors (Lipinski definition) is 1. The molecule has 2 fully saturated rings. The van der Waals surface area contributed by atoms with Crippen LogP contribution < -0.4 is 5.73 Å². The molecule has 0 spiro atoms. The van der Waals surface area contributed by atoms with Crippen LogP contribution in [0.5, 0.6) is 0 Å². The standard InChI is InChI=1S/C15H30N2/c1-3-12-7-9-14(10-8-12)17(2)11-13-5-4-6-15(13)16/h12-15H,3-11,16H2,1-2H3. The summed E-state index contributed by atoms with van der Waals surface area (Å²) >= 11 is 0. The monoisotopic (exact) mass is 238 g/mol. The summed E-state index contributed by atoms with van der Waals surface area (Å²) in [5, 5.41) is 0. The molecule has 0 aromatic heterocycles. The van der Waals surface area contributed by atoms with Crippen LogP contribution in [-0.4, -0.2) is 30.6 Å². The largest absolute Gasteiger partial charge is 0.327 e. The first-order valence-electron chi connectivity index (χ1n) is 7.66. The third-order valence-corrected chi connectivity index (χ3v) is 5.26. The lowest BCUT2D eigenvalue weighted by atomic mass is 9.84. The van der Waals surface area contributed by atoms with Gasteiger partial charge in [0.25, 0.3) is 0 Å². The topological polar surface area (TPSA) is 29.3 Å². The molecule has 0 aromatic rings. The number of nitrogens with two attached hydrogens (primary N) is 1. The first-order chi connectivity index (χ1) is 8.20. The highest BCUT2D eigenvalue weighted by Gasteiger charge is 2.28. The average molecular weight is 238 g/mol. The fraction of sp³-hybridized carbons (Fsp3) is 1.00. The van der Waals surface area contributed by atoms with Gasteiger partial charge in [-0.2, -0.15) is 0 Å². The Bertz CT molecular complexity index is 221. The van der Waals surface area contributed by atoms with Gasteiger partial charge >= 0.3 is 0 Å². The highest BCUT2D eigenvalue weighted by molar-refractivity contribution is 4.85. The second-order valence-electron chi connectivity index (χ2n) is 6.38. The van der Waals surface area contributed by atoms with Gasteiger partial charge in [-0.1, -0.05) is 19.8 Å². The van der Waals surface area contributed by atoms with Crippen molar-refractivity contribution in [2.24, 2.45) is 17.6 Å².